The highest BCUT2D eigenvalue weighted by molar-refractivity contribution is 5.11. The summed E-state index contributed by atoms with van der Waals surface area (Å²) >= 11 is 0. The van der Waals surface area contributed by atoms with Gasteiger partial charge in [-0.25, -0.2) is 4.39 Å². The number of pyridine rings is 1. The van der Waals surface area contributed by atoms with Crippen molar-refractivity contribution in [3.05, 3.63) is 30.1 Å². The highest BCUT2D eigenvalue weighted by atomic mass is 19.1. The van der Waals surface area contributed by atoms with Crippen LogP contribution in [0.3, 0.4) is 0 Å². The molecule has 0 saturated heterocycles. The number of rotatable bonds is 3. The zero-order valence-corrected chi connectivity index (χ0v) is 7.13. The third-order valence-corrected chi connectivity index (χ3v) is 1.72. The monoisotopic (exact) mass is 168 g/mol. The zero-order valence-electron chi connectivity index (χ0n) is 7.13. The molecule has 3 heteroatoms. The molecule has 0 aromatic carbocycles. The van der Waals surface area contributed by atoms with Crippen molar-refractivity contribution >= 4 is 0 Å². The van der Waals surface area contributed by atoms with Crippen LogP contribution >= 0.6 is 0 Å². The standard InChI is InChI=1S/C9H13FN2/c1-9(10,7-11)5-8-3-2-4-12-6-8/h2-4,6H,5,7,11H2,1H3. The summed E-state index contributed by atoms with van der Waals surface area (Å²) in [7, 11) is 0. The molecule has 0 amide bonds. The topological polar surface area (TPSA) is 38.9 Å². The number of alkyl halides is 1. The van der Waals surface area contributed by atoms with Gasteiger partial charge >= 0.3 is 0 Å². The molecule has 1 unspecified atom stereocenters. The molecule has 1 heterocycles. The van der Waals surface area contributed by atoms with Gasteiger partial charge in [0, 0.05) is 25.4 Å². The van der Waals surface area contributed by atoms with Gasteiger partial charge < -0.3 is 5.73 Å². The summed E-state index contributed by atoms with van der Waals surface area (Å²) in [5, 5.41) is 0. The lowest BCUT2D eigenvalue weighted by Gasteiger charge is -2.17. The number of hydrogen-bond donors (Lipinski definition) is 1. The molecular weight excluding hydrogens is 155 g/mol. The first-order chi connectivity index (χ1) is 5.64. The van der Waals surface area contributed by atoms with Crippen LogP contribution in [0.1, 0.15) is 12.5 Å². The predicted octanol–water partition coefficient (Wildman–Crippen LogP) is 1.31. The lowest BCUT2D eigenvalue weighted by molar-refractivity contribution is 0.200. The minimum Gasteiger partial charge on any atom is -0.328 e. The van der Waals surface area contributed by atoms with Crippen LogP contribution in [-0.2, 0) is 6.42 Å². The van der Waals surface area contributed by atoms with Gasteiger partial charge in [0.15, 0.2) is 0 Å². The van der Waals surface area contributed by atoms with E-state index in [2.05, 4.69) is 4.98 Å². The van der Waals surface area contributed by atoms with Crippen molar-refractivity contribution in [3.8, 4) is 0 Å². The Bertz CT molecular complexity index is 234. The summed E-state index contributed by atoms with van der Waals surface area (Å²) in [6.07, 6.45) is 3.66. The Labute approximate surface area is 71.6 Å². The van der Waals surface area contributed by atoms with Crippen LogP contribution in [-0.4, -0.2) is 17.2 Å². The van der Waals surface area contributed by atoms with Gasteiger partial charge in [-0.2, -0.15) is 0 Å². The molecule has 0 spiro atoms. The van der Waals surface area contributed by atoms with Gasteiger partial charge in [0.05, 0.1) is 0 Å². The first-order valence-electron chi connectivity index (χ1n) is 3.92. The Hall–Kier alpha value is -0.960. The summed E-state index contributed by atoms with van der Waals surface area (Å²) in [6.45, 7) is 1.54. The van der Waals surface area contributed by atoms with Crippen LogP contribution in [0.4, 0.5) is 4.39 Å². The van der Waals surface area contributed by atoms with E-state index in [1.54, 1.807) is 18.5 Å². The molecule has 0 aliphatic carbocycles. The minimum absolute atomic E-state index is 0.0435. The van der Waals surface area contributed by atoms with Crippen LogP contribution < -0.4 is 5.73 Å². The molecular formula is C9H13FN2. The Morgan fingerprint density at radius 1 is 1.67 bits per heavy atom. The molecule has 1 aromatic rings. The van der Waals surface area contributed by atoms with Gasteiger partial charge in [-0.05, 0) is 18.6 Å². The van der Waals surface area contributed by atoms with E-state index in [1.165, 1.54) is 6.92 Å². The van der Waals surface area contributed by atoms with E-state index in [9.17, 15) is 4.39 Å². The van der Waals surface area contributed by atoms with Crippen LogP contribution in [0, 0.1) is 0 Å². The maximum absolute atomic E-state index is 13.4. The second-order valence-electron chi connectivity index (χ2n) is 3.16. The quantitative estimate of drug-likeness (QED) is 0.739. The van der Waals surface area contributed by atoms with E-state index in [0.717, 1.165) is 5.56 Å². The number of halogens is 1. The maximum Gasteiger partial charge on any atom is 0.124 e. The molecule has 0 fully saturated rings. The highest BCUT2D eigenvalue weighted by Crippen LogP contribution is 2.14. The fraction of sp³-hybridized carbons (Fsp3) is 0.444. The van der Waals surface area contributed by atoms with Gasteiger partial charge in [0.25, 0.3) is 0 Å². The molecule has 1 atom stereocenters. The molecule has 0 aliphatic heterocycles. The number of nitrogens with two attached hydrogens (primary N) is 1. The lowest BCUT2D eigenvalue weighted by Crippen LogP contribution is -2.31. The fourth-order valence-corrected chi connectivity index (χ4v) is 1.00. The van der Waals surface area contributed by atoms with E-state index in [1.807, 2.05) is 6.07 Å². The van der Waals surface area contributed by atoms with Gasteiger partial charge in [-0.1, -0.05) is 6.07 Å². The first-order valence-corrected chi connectivity index (χ1v) is 3.92. The zero-order chi connectivity index (χ0) is 9.03. The molecule has 2 N–H and O–H groups in total. The third-order valence-electron chi connectivity index (χ3n) is 1.72. The van der Waals surface area contributed by atoms with E-state index in [4.69, 9.17) is 5.73 Å². The molecule has 2 nitrogen and oxygen atoms in total. The van der Waals surface area contributed by atoms with Crippen molar-refractivity contribution in [1.82, 2.24) is 4.98 Å². The third kappa shape index (κ3) is 2.58. The Kier molecular flexibility index (Phi) is 2.76. The van der Waals surface area contributed by atoms with E-state index < -0.39 is 5.67 Å². The second-order valence-corrected chi connectivity index (χ2v) is 3.16. The molecule has 66 valence electrons. The number of hydrogen-bond acceptors (Lipinski definition) is 2. The summed E-state index contributed by atoms with van der Waals surface area (Å²) in [4.78, 5) is 3.90. The summed E-state index contributed by atoms with van der Waals surface area (Å²) in [6, 6.07) is 3.64. The Morgan fingerprint density at radius 2 is 2.42 bits per heavy atom. The first kappa shape index (κ1) is 9.13. The fourth-order valence-electron chi connectivity index (χ4n) is 1.00. The van der Waals surface area contributed by atoms with Crippen molar-refractivity contribution in [1.29, 1.82) is 0 Å². The van der Waals surface area contributed by atoms with Gasteiger partial charge in [-0.3, -0.25) is 4.98 Å². The smallest absolute Gasteiger partial charge is 0.124 e. The highest BCUT2D eigenvalue weighted by Gasteiger charge is 2.21. The minimum atomic E-state index is -1.32. The Morgan fingerprint density at radius 3 is 2.92 bits per heavy atom. The van der Waals surface area contributed by atoms with Crippen LogP contribution in [0.5, 0.6) is 0 Å². The summed E-state index contributed by atoms with van der Waals surface area (Å²) < 4.78 is 13.4. The molecule has 0 radical (unpaired) electrons. The average molecular weight is 168 g/mol. The van der Waals surface area contributed by atoms with E-state index in [0.29, 0.717) is 6.42 Å². The SMILES string of the molecule is CC(F)(CN)Cc1cccnc1. The second kappa shape index (κ2) is 3.63. The molecule has 0 bridgehead atoms. The van der Waals surface area contributed by atoms with Gasteiger partial charge in [-0.15, -0.1) is 0 Å². The van der Waals surface area contributed by atoms with E-state index >= 15 is 0 Å². The van der Waals surface area contributed by atoms with Crippen molar-refractivity contribution < 1.29 is 4.39 Å². The normalized spacial score (nSPS) is 15.6. The Balaban J connectivity index is 2.64. The lowest BCUT2D eigenvalue weighted by atomic mass is 10.00. The molecule has 0 saturated carbocycles. The van der Waals surface area contributed by atoms with Crippen molar-refractivity contribution in [2.45, 2.75) is 19.0 Å². The van der Waals surface area contributed by atoms with E-state index in [-0.39, 0.29) is 6.54 Å². The van der Waals surface area contributed by atoms with Gasteiger partial charge in [0.1, 0.15) is 5.67 Å². The summed E-state index contributed by atoms with van der Waals surface area (Å²) in [5.41, 5.74) is 4.82. The summed E-state index contributed by atoms with van der Waals surface area (Å²) in [5.74, 6) is 0. The molecule has 0 aliphatic rings. The maximum atomic E-state index is 13.4. The van der Waals surface area contributed by atoms with Crippen molar-refractivity contribution in [2.75, 3.05) is 6.54 Å². The van der Waals surface area contributed by atoms with Crippen LogP contribution in [0.25, 0.3) is 0 Å². The van der Waals surface area contributed by atoms with Crippen LogP contribution in [0.2, 0.25) is 0 Å². The van der Waals surface area contributed by atoms with Crippen LogP contribution in [0.15, 0.2) is 24.5 Å². The number of aromatic nitrogens is 1. The number of nitrogens with zero attached hydrogens (tertiary/aromatic N) is 1. The molecule has 1 rings (SSSR count). The van der Waals surface area contributed by atoms with Crippen molar-refractivity contribution in [2.24, 2.45) is 5.73 Å². The average Bonchev–Trinajstić information content (AvgIpc) is 2.06. The van der Waals surface area contributed by atoms with Gasteiger partial charge in [0.2, 0.25) is 0 Å². The predicted molar refractivity (Wildman–Crippen MR) is 46.5 cm³/mol. The largest absolute Gasteiger partial charge is 0.328 e. The van der Waals surface area contributed by atoms with Crippen molar-refractivity contribution in [3.63, 3.8) is 0 Å². The molecule has 1 aromatic heterocycles. The molecule has 12 heavy (non-hydrogen) atoms.